The Balaban J connectivity index is 2.12. The molecule has 0 saturated carbocycles. The minimum Gasteiger partial charge on any atom is -0.456 e. The van der Waals surface area contributed by atoms with E-state index in [1.807, 2.05) is 31.2 Å². The first-order valence-electron chi connectivity index (χ1n) is 7.03. The van der Waals surface area contributed by atoms with Crippen molar-refractivity contribution in [1.29, 1.82) is 0 Å². The summed E-state index contributed by atoms with van der Waals surface area (Å²) in [7, 11) is 0. The molecular formula is C17H19Br2NO. The van der Waals surface area contributed by atoms with E-state index in [0.717, 1.165) is 45.5 Å². The maximum atomic E-state index is 6.00. The summed E-state index contributed by atoms with van der Waals surface area (Å²) < 4.78 is 7.99. The lowest BCUT2D eigenvalue weighted by atomic mass is 10.2. The smallest absolute Gasteiger partial charge is 0.141 e. The maximum Gasteiger partial charge on any atom is 0.141 e. The summed E-state index contributed by atoms with van der Waals surface area (Å²) in [6.45, 7) is 6.12. The van der Waals surface area contributed by atoms with Crippen LogP contribution in [0.1, 0.15) is 24.5 Å². The van der Waals surface area contributed by atoms with Gasteiger partial charge in [-0.05, 0) is 71.2 Å². The van der Waals surface area contributed by atoms with Crippen molar-refractivity contribution >= 4 is 31.9 Å². The average Bonchev–Trinajstić information content (AvgIpc) is 2.46. The molecule has 0 bridgehead atoms. The van der Waals surface area contributed by atoms with Crippen LogP contribution in [0.5, 0.6) is 11.5 Å². The zero-order valence-corrected chi connectivity index (χ0v) is 15.4. The SMILES string of the molecule is CCCNCc1ccc(Oc2cc(Br)ccc2C)c(Br)c1. The van der Waals surface area contributed by atoms with E-state index in [-0.39, 0.29) is 0 Å². The average molecular weight is 413 g/mol. The molecule has 2 aromatic rings. The van der Waals surface area contributed by atoms with Gasteiger partial charge in [0.1, 0.15) is 11.5 Å². The summed E-state index contributed by atoms with van der Waals surface area (Å²) in [6.07, 6.45) is 1.14. The number of nitrogens with one attached hydrogen (secondary N) is 1. The van der Waals surface area contributed by atoms with E-state index in [4.69, 9.17) is 4.74 Å². The van der Waals surface area contributed by atoms with Crippen LogP contribution in [0.15, 0.2) is 45.3 Å². The van der Waals surface area contributed by atoms with Crippen molar-refractivity contribution in [3.8, 4) is 11.5 Å². The summed E-state index contributed by atoms with van der Waals surface area (Å²) in [5.41, 5.74) is 2.35. The molecule has 0 spiro atoms. The molecule has 112 valence electrons. The predicted molar refractivity (Wildman–Crippen MR) is 95.1 cm³/mol. The fourth-order valence-corrected chi connectivity index (χ4v) is 2.80. The molecule has 0 amide bonds. The standard InChI is InChI=1S/C17H19Br2NO/c1-3-8-20-11-13-5-7-16(15(19)9-13)21-17-10-14(18)6-4-12(17)2/h4-7,9-10,20H,3,8,11H2,1-2H3. The molecule has 2 aromatic carbocycles. The number of hydrogen-bond donors (Lipinski definition) is 1. The number of aryl methyl sites for hydroxylation is 1. The number of benzene rings is 2. The molecule has 2 nitrogen and oxygen atoms in total. The number of ether oxygens (including phenoxy) is 1. The van der Waals surface area contributed by atoms with Gasteiger partial charge in [-0.3, -0.25) is 0 Å². The Morgan fingerprint density at radius 1 is 1.05 bits per heavy atom. The minimum atomic E-state index is 0.829. The van der Waals surface area contributed by atoms with Crippen LogP contribution in [0.2, 0.25) is 0 Å². The molecule has 0 aliphatic rings. The molecule has 0 aliphatic heterocycles. The lowest BCUT2D eigenvalue weighted by molar-refractivity contribution is 0.475. The van der Waals surface area contributed by atoms with Crippen molar-refractivity contribution in [2.75, 3.05) is 6.54 Å². The van der Waals surface area contributed by atoms with Gasteiger partial charge in [-0.2, -0.15) is 0 Å². The third kappa shape index (κ3) is 4.83. The van der Waals surface area contributed by atoms with Crippen molar-refractivity contribution < 1.29 is 4.74 Å². The van der Waals surface area contributed by atoms with Gasteiger partial charge in [-0.15, -0.1) is 0 Å². The van der Waals surface area contributed by atoms with E-state index in [9.17, 15) is 0 Å². The molecule has 0 fully saturated rings. The summed E-state index contributed by atoms with van der Waals surface area (Å²) in [6, 6.07) is 12.2. The quantitative estimate of drug-likeness (QED) is 0.604. The van der Waals surface area contributed by atoms with Crippen molar-refractivity contribution in [3.05, 3.63) is 56.5 Å². The molecule has 0 radical (unpaired) electrons. The molecule has 0 aliphatic carbocycles. The number of rotatable bonds is 6. The Hall–Kier alpha value is -0.840. The lowest BCUT2D eigenvalue weighted by Gasteiger charge is -2.12. The molecule has 0 unspecified atom stereocenters. The molecule has 0 aromatic heterocycles. The van der Waals surface area contributed by atoms with Crippen LogP contribution in [0.4, 0.5) is 0 Å². The monoisotopic (exact) mass is 411 g/mol. The molecule has 21 heavy (non-hydrogen) atoms. The van der Waals surface area contributed by atoms with Crippen molar-refractivity contribution in [3.63, 3.8) is 0 Å². The van der Waals surface area contributed by atoms with Crippen LogP contribution in [0.25, 0.3) is 0 Å². The second kappa shape index (κ2) is 7.97. The minimum absolute atomic E-state index is 0.829. The van der Waals surface area contributed by atoms with Gasteiger partial charge < -0.3 is 10.1 Å². The zero-order valence-electron chi connectivity index (χ0n) is 12.2. The van der Waals surface area contributed by atoms with Gasteiger partial charge in [0.15, 0.2) is 0 Å². The first-order valence-corrected chi connectivity index (χ1v) is 8.62. The molecule has 0 atom stereocenters. The number of hydrogen-bond acceptors (Lipinski definition) is 2. The third-order valence-electron chi connectivity index (χ3n) is 3.12. The van der Waals surface area contributed by atoms with Gasteiger partial charge in [-0.25, -0.2) is 0 Å². The zero-order chi connectivity index (χ0) is 15.2. The van der Waals surface area contributed by atoms with Gasteiger partial charge >= 0.3 is 0 Å². The predicted octanol–water partition coefficient (Wildman–Crippen LogP) is 5.81. The molecule has 2 rings (SSSR count). The summed E-state index contributed by atoms with van der Waals surface area (Å²) in [4.78, 5) is 0. The van der Waals surface area contributed by atoms with Crippen LogP contribution >= 0.6 is 31.9 Å². The van der Waals surface area contributed by atoms with Crippen molar-refractivity contribution in [2.24, 2.45) is 0 Å². The van der Waals surface area contributed by atoms with Gasteiger partial charge in [0, 0.05) is 11.0 Å². The Labute approximate surface area is 143 Å². The summed E-state index contributed by atoms with van der Waals surface area (Å²) >= 11 is 7.07. The van der Waals surface area contributed by atoms with E-state index >= 15 is 0 Å². The Morgan fingerprint density at radius 2 is 1.86 bits per heavy atom. The van der Waals surface area contributed by atoms with Gasteiger partial charge in [0.2, 0.25) is 0 Å². The van der Waals surface area contributed by atoms with Gasteiger partial charge in [0.25, 0.3) is 0 Å². The van der Waals surface area contributed by atoms with E-state index < -0.39 is 0 Å². The summed E-state index contributed by atoms with van der Waals surface area (Å²) in [5, 5.41) is 3.40. The molecule has 0 heterocycles. The fourth-order valence-electron chi connectivity index (χ4n) is 1.95. The van der Waals surface area contributed by atoms with Crippen LogP contribution < -0.4 is 10.1 Å². The third-order valence-corrected chi connectivity index (χ3v) is 4.24. The highest BCUT2D eigenvalue weighted by Gasteiger charge is 2.07. The fraction of sp³-hybridized carbons (Fsp3) is 0.294. The van der Waals surface area contributed by atoms with E-state index in [1.165, 1.54) is 5.56 Å². The Morgan fingerprint density at radius 3 is 2.57 bits per heavy atom. The second-order valence-electron chi connectivity index (χ2n) is 4.95. The summed E-state index contributed by atoms with van der Waals surface area (Å²) in [5.74, 6) is 1.69. The van der Waals surface area contributed by atoms with Crippen molar-refractivity contribution in [1.82, 2.24) is 5.32 Å². The Kier molecular flexibility index (Phi) is 6.27. The first-order chi connectivity index (χ1) is 10.1. The highest BCUT2D eigenvalue weighted by atomic mass is 79.9. The second-order valence-corrected chi connectivity index (χ2v) is 6.72. The molecule has 1 N–H and O–H groups in total. The molecular weight excluding hydrogens is 394 g/mol. The molecule has 0 saturated heterocycles. The van der Waals surface area contributed by atoms with Crippen LogP contribution in [-0.4, -0.2) is 6.54 Å². The van der Waals surface area contributed by atoms with Crippen molar-refractivity contribution in [2.45, 2.75) is 26.8 Å². The van der Waals surface area contributed by atoms with Crippen LogP contribution in [-0.2, 0) is 6.54 Å². The highest BCUT2D eigenvalue weighted by Crippen LogP contribution is 2.33. The maximum absolute atomic E-state index is 6.00. The topological polar surface area (TPSA) is 21.3 Å². The van der Waals surface area contributed by atoms with Gasteiger partial charge in [-0.1, -0.05) is 35.0 Å². The Bertz CT molecular complexity index is 614. The normalized spacial score (nSPS) is 10.7. The highest BCUT2D eigenvalue weighted by molar-refractivity contribution is 9.10. The van der Waals surface area contributed by atoms with E-state index in [0.29, 0.717) is 0 Å². The van der Waals surface area contributed by atoms with E-state index in [2.05, 4.69) is 56.2 Å². The first kappa shape index (κ1) is 16.5. The van der Waals surface area contributed by atoms with Gasteiger partial charge in [0.05, 0.1) is 4.47 Å². The largest absolute Gasteiger partial charge is 0.456 e. The van der Waals surface area contributed by atoms with Crippen LogP contribution in [0, 0.1) is 6.92 Å². The molecule has 4 heteroatoms. The number of halogens is 2. The van der Waals surface area contributed by atoms with E-state index in [1.54, 1.807) is 0 Å². The van der Waals surface area contributed by atoms with Crippen LogP contribution in [0.3, 0.4) is 0 Å². The lowest BCUT2D eigenvalue weighted by Crippen LogP contribution is -2.13.